The first-order valence-corrected chi connectivity index (χ1v) is 9.81. The molecule has 2 N–H and O–H groups in total. The largest absolute Gasteiger partial charge is 0.493 e. The van der Waals surface area contributed by atoms with Gasteiger partial charge in [-0.2, -0.15) is 0 Å². The molecule has 1 aliphatic rings. The third kappa shape index (κ3) is 5.10. The fourth-order valence-corrected chi connectivity index (χ4v) is 3.64. The topological polar surface area (TPSA) is 55.6 Å². The average Bonchev–Trinajstić information content (AvgIpc) is 3.13. The number of benzene rings is 2. The maximum absolute atomic E-state index is 12.8. The Balaban J connectivity index is 1.59. The van der Waals surface area contributed by atoms with Gasteiger partial charge in [-0.15, -0.1) is 0 Å². The second-order valence-electron chi connectivity index (χ2n) is 7.84. The van der Waals surface area contributed by atoms with Crippen molar-refractivity contribution in [2.45, 2.75) is 26.2 Å². The number of likely N-dealkylation sites (tertiary alicyclic amines) is 1. The SMILES string of the molecule is CC(C)COc1ccc(CC(=O)N2C[C@@H](CN)[C@H](c3ccccc3)C2)cc1. The summed E-state index contributed by atoms with van der Waals surface area (Å²) in [5.41, 5.74) is 8.28. The second-order valence-corrected chi connectivity index (χ2v) is 7.84. The normalized spacial score (nSPS) is 19.5. The molecule has 4 nitrogen and oxygen atoms in total. The third-order valence-electron chi connectivity index (χ3n) is 5.19. The first-order valence-electron chi connectivity index (χ1n) is 9.81. The lowest BCUT2D eigenvalue weighted by Crippen LogP contribution is -2.31. The van der Waals surface area contributed by atoms with Crippen LogP contribution in [0.5, 0.6) is 5.75 Å². The van der Waals surface area contributed by atoms with Gasteiger partial charge in [0.05, 0.1) is 13.0 Å². The van der Waals surface area contributed by atoms with Gasteiger partial charge < -0.3 is 15.4 Å². The zero-order valence-corrected chi connectivity index (χ0v) is 16.3. The maximum Gasteiger partial charge on any atom is 0.227 e. The summed E-state index contributed by atoms with van der Waals surface area (Å²) in [6.45, 7) is 7.05. The van der Waals surface area contributed by atoms with Gasteiger partial charge in [-0.1, -0.05) is 56.3 Å². The van der Waals surface area contributed by atoms with Gasteiger partial charge in [-0.3, -0.25) is 4.79 Å². The van der Waals surface area contributed by atoms with Gasteiger partial charge in [0.15, 0.2) is 0 Å². The van der Waals surface area contributed by atoms with Crippen molar-refractivity contribution in [1.29, 1.82) is 0 Å². The van der Waals surface area contributed by atoms with E-state index in [-0.39, 0.29) is 5.91 Å². The van der Waals surface area contributed by atoms with E-state index in [1.54, 1.807) is 0 Å². The molecule has 1 amide bonds. The zero-order valence-electron chi connectivity index (χ0n) is 16.3. The molecule has 0 radical (unpaired) electrons. The molecule has 3 rings (SSSR count). The summed E-state index contributed by atoms with van der Waals surface area (Å²) in [6.07, 6.45) is 0.420. The van der Waals surface area contributed by atoms with E-state index in [0.717, 1.165) is 24.4 Å². The lowest BCUT2D eigenvalue weighted by atomic mass is 9.89. The molecule has 0 saturated carbocycles. The zero-order chi connectivity index (χ0) is 19.2. The van der Waals surface area contributed by atoms with Crippen LogP contribution in [-0.4, -0.2) is 37.0 Å². The minimum Gasteiger partial charge on any atom is -0.493 e. The lowest BCUT2D eigenvalue weighted by molar-refractivity contribution is -0.129. The number of carbonyl (C=O) groups is 1. The van der Waals surface area contributed by atoms with Crippen LogP contribution in [-0.2, 0) is 11.2 Å². The summed E-state index contributed by atoms with van der Waals surface area (Å²) >= 11 is 0. The lowest BCUT2D eigenvalue weighted by Gasteiger charge is -2.17. The number of hydrogen-bond acceptors (Lipinski definition) is 3. The molecule has 0 bridgehead atoms. The molecular weight excluding hydrogens is 336 g/mol. The molecule has 0 aromatic heterocycles. The Morgan fingerprint density at radius 1 is 1.11 bits per heavy atom. The number of hydrogen-bond donors (Lipinski definition) is 1. The number of nitrogens with two attached hydrogens (primary N) is 1. The van der Waals surface area contributed by atoms with Gasteiger partial charge in [0.25, 0.3) is 0 Å². The van der Waals surface area contributed by atoms with E-state index >= 15 is 0 Å². The number of ether oxygens (including phenoxy) is 1. The van der Waals surface area contributed by atoms with Crippen LogP contribution in [0.25, 0.3) is 0 Å². The van der Waals surface area contributed by atoms with Crippen molar-refractivity contribution in [3.8, 4) is 5.75 Å². The Kier molecular flexibility index (Phi) is 6.51. The van der Waals surface area contributed by atoms with Gasteiger partial charge in [-0.25, -0.2) is 0 Å². The summed E-state index contributed by atoms with van der Waals surface area (Å²) in [7, 11) is 0. The molecule has 0 aliphatic carbocycles. The molecule has 2 atom stereocenters. The summed E-state index contributed by atoms with van der Waals surface area (Å²) in [5, 5.41) is 0. The maximum atomic E-state index is 12.8. The van der Waals surface area contributed by atoms with Gasteiger partial charge in [0.2, 0.25) is 5.91 Å². The van der Waals surface area contributed by atoms with Crippen molar-refractivity contribution >= 4 is 5.91 Å². The molecule has 27 heavy (non-hydrogen) atoms. The molecule has 1 fully saturated rings. The van der Waals surface area contributed by atoms with E-state index in [4.69, 9.17) is 10.5 Å². The minimum atomic E-state index is 0.169. The van der Waals surface area contributed by atoms with Crippen LogP contribution < -0.4 is 10.5 Å². The van der Waals surface area contributed by atoms with Gasteiger partial charge >= 0.3 is 0 Å². The van der Waals surface area contributed by atoms with Crippen LogP contribution >= 0.6 is 0 Å². The first-order chi connectivity index (χ1) is 13.1. The van der Waals surface area contributed by atoms with E-state index in [2.05, 4.69) is 38.1 Å². The summed E-state index contributed by atoms with van der Waals surface area (Å²) in [6, 6.07) is 18.3. The van der Waals surface area contributed by atoms with Crippen molar-refractivity contribution < 1.29 is 9.53 Å². The molecule has 2 aromatic rings. The third-order valence-corrected chi connectivity index (χ3v) is 5.19. The van der Waals surface area contributed by atoms with Crippen molar-refractivity contribution in [1.82, 2.24) is 4.90 Å². The smallest absolute Gasteiger partial charge is 0.227 e. The minimum absolute atomic E-state index is 0.169. The molecule has 2 aromatic carbocycles. The van der Waals surface area contributed by atoms with Crippen LogP contribution in [0, 0.1) is 11.8 Å². The fourth-order valence-electron chi connectivity index (χ4n) is 3.64. The molecule has 1 saturated heterocycles. The van der Waals surface area contributed by atoms with Crippen LogP contribution in [0.2, 0.25) is 0 Å². The Morgan fingerprint density at radius 3 is 2.44 bits per heavy atom. The molecule has 144 valence electrons. The summed E-state index contributed by atoms with van der Waals surface area (Å²) in [5.74, 6) is 2.17. The molecule has 0 spiro atoms. The highest BCUT2D eigenvalue weighted by Gasteiger charge is 2.35. The van der Waals surface area contributed by atoms with E-state index in [1.165, 1.54) is 5.56 Å². The Labute approximate surface area is 162 Å². The van der Waals surface area contributed by atoms with Crippen molar-refractivity contribution in [3.05, 3.63) is 65.7 Å². The van der Waals surface area contributed by atoms with Crippen LogP contribution in [0.3, 0.4) is 0 Å². The number of nitrogens with zero attached hydrogens (tertiary/aromatic N) is 1. The predicted molar refractivity (Wildman–Crippen MR) is 109 cm³/mol. The Bertz CT molecular complexity index is 728. The molecule has 1 aliphatic heterocycles. The molecule has 1 heterocycles. The number of rotatable bonds is 7. The highest BCUT2D eigenvalue weighted by atomic mass is 16.5. The highest BCUT2D eigenvalue weighted by Crippen LogP contribution is 2.32. The van der Waals surface area contributed by atoms with Crippen LogP contribution in [0.15, 0.2) is 54.6 Å². The highest BCUT2D eigenvalue weighted by molar-refractivity contribution is 5.79. The molecule has 4 heteroatoms. The van der Waals surface area contributed by atoms with Gasteiger partial charge in [-0.05, 0) is 41.6 Å². The van der Waals surface area contributed by atoms with Crippen molar-refractivity contribution in [3.63, 3.8) is 0 Å². The standard InChI is InChI=1S/C23H30N2O2/c1-17(2)16-27-21-10-8-18(9-11-21)12-23(26)25-14-20(13-24)22(15-25)19-6-4-3-5-7-19/h3-11,17,20,22H,12-16,24H2,1-2H3/t20-,22+/m1/s1. The summed E-state index contributed by atoms with van der Waals surface area (Å²) < 4.78 is 5.71. The van der Waals surface area contributed by atoms with E-state index < -0.39 is 0 Å². The van der Waals surface area contributed by atoms with Crippen LogP contribution in [0.1, 0.15) is 30.9 Å². The predicted octanol–water partition coefficient (Wildman–Crippen LogP) is 3.46. The van der Waals surface area contributed by atoms with Crippen molar-refractivity contribution in [2.24, 2.45) is 17.6 Å². The number of carbonyl (C=O) groups excluding carboxylic acids is 1. The Morgan fingerprint density at radius 2 is 1.81 bits per heavy atom. The van der Waals surface area contributed by atoms with E-state index in [1.807, 2.05) is 35.2 Å². The van der Waals surface area contributed by atoms with E-state index in [9.17, 15) is 4.79 Å². The quantitative estimate of drug-likeness (QED) is 0.816. The van der Waals surface area contributed by atoms with Gasteiger partial charge in [0.1, 0.15) is 5.75 Å². The Hall–Kier alpha value is -2.33. The van der Waals surface area contributed by atoms with E-state index in [0.29, 0.717) is 37.3 Å². The average molecular weight is 367 g/mol. The van der Waals surface area contributed by atoms with Crippen LogP contribution in [0.4, 0.5) is 0 Å². The first kappa shape index (κ1) is 19.4. The number of amides is 1. The second kappa shape index (κ2) is 9.05. The summed E-state index contributed by atoms with van der Waals surface area (Å²) in [4.78, 5) is 14.8. The molecule has 0 unspecified atom stereocenters. The molecular formula is C23H30N2O2. The van der Waals surface area contributed by atoms with Gasteiger partial charge in [0, 0.05) is 19.0 Å². The van der Waals surface area contributed by atoms with Crippen molar-refractivity contribution in [2.75, 3.05) is 26.2 Å². The fraction of sp³-hybridized carbons (Fsp3) is 0.435. The monoisotopic (exact) mass is 366 g/mol.